The van der Waals surface area contributed by atoms with Gasteiger partial charge in [-0.15, -0.1) is 0 Å². The lowest BCUT2D eigenvalue weighted by Crippen LogP contribution is -2.59. The predicted octanol–water partition coefficient (Wildman–Crippen LogP) is 5.05. The molecule has 0 aromatic heterocycles. The lowest BCUT2D eigenvalue weighted by Gasteiger charge is -2.50. The Kier molecular flexibility index (Phi) is 17.7. The fourth-order valence-electron chi connectivity index (χ4n) is 7.95. The minimum absolute atomic E-state index is 0.0594. The number of cyclic esters (lactones) is 1. The van der Waals surface area contributed by atoms with Crippen LogP contribution in [-0.4, -0.2) is 101 Å². The van der Waals surface area contributed by atoms with Gasteiger partial charge in [-0.05, 0) is 38.2 Å². The number of aliphatic hydroxyl groups excluding tert-OH is 3. The fraction of sp³-hybridized carbons (Fsp3) is 0.636. The first-order chi connectivity index (χ1) is 27.1. The van der Waals surface area contributed by atoms with E-state index in [1.807, 2.05) is 53.7 Å². The first-order valence-electron chi connectivity index (χ1n) is 20.1. The molecule has 0 saturated carbocycles. The number of allylic oxidation sites excluding steroid dienone is 7. The van der Waals surface area contributed by atoms with E-state index in [1.54, 1.807) is 32.9 Å². The molecule has 0 aromatic rings. The Hall–Kier alpha value is -4.08. The first-order valence-corrected chi connectivity index (χ1v) is 20.1. The smallest absolute Gasteiger partial charge is 0.373 e. The Bertz CT molecular complexity index is 1670. The first kappa shape index (κ1) is 48.3. The second-order valence-electron chi connectivity index (χ2n) is 16.5. The average molecular weight is 816 g/mol. The van der Waals surface area contributed by atoms with E-state index in [0.717, 1.165) is 17.7 Å². The van der Waals surface area contributed by atoms with E-state index in [0.29, 0.717) is 12.0 Å². The minimum Gasteiger partial charge on any atom is -0.510 e. The van der Waals surface area contributed by atoms with Crippen molar-refractivity contribution in [1.82, 2.24) is 5.32 Å². The maximum absolute atomic E-state index is 13.7. The summed E-state index contributed by atoms with van der Waals surface area (Å²) in [6.07, 6.45) is 5.61. The van der Waals surface area contributed by atoms with Gasteiger partial charge in [0.15, 0.2) is 11.6 Å². The Morgan fingerprint density at radius 3 is 2.29 bits per heavy atom. The lowest BCUT2D eigenvalue weighted by molar-refractivity contribution is -0.329. The average Bonchev–Trinajstić information content (AvgIpc) is 3.48. The number of carbonyl (C=O) groups is 4. The summed E-state index contributed by atoms with van der Waals surface area (Å²) >= 11 is 0. The topological polar surface area (TPSA) is 207 Å². The molecule has 5 N–H and O–H groups in total. The van der Waals surface area contributed by atoms with Gasteiger partial charge in [-0.2, -0.15) is 0 Å². The summed E-state index contributed by atoms with van der Waals surface area (Å²) in [7, 11) is 2.79. The second kappa shape index (κ2) is 21.3. The van der Waals surface area contributed by atoms with Crippen LogP contribution in [0.1, 0.15) is 88.0 Å². The van der Waals surface area contributed by atoms with Crippen LogP contribution in [0.4, 0.5) is 0 Å². The van der Waals surface area contributed by atoms with Crippen molar-refractivity contribution in [2.24, 2.45) is 35.5 Å². The molecule has 14 heteroatoms. The van der Waals surface area contributed by atoms with Gasteiger partial charge in [-0.3, -0.25) is 9.59 Å². The maximum atomic E-state index is 13.7. The number of ketones is 1. The molecular weight excluding hydrogens is 750 g/mol. The summed E-state index contributed by atoms with van der Waals surface area (Å²) in [6, 6.07) is 0. The summed E-state index contributed by atoms with van der Waals surface area (Å²) in [6.45, 7) is 16.5. The van der Waals surface area contributed by atoms with Crippen molar-refractivity contribution in [2.45, 2.75) is 130 Å². The number of hydrogen-bond acceptors (Lipinski definition) is 13. The number of ether oxygens (including phenoxy) is 5. The third kappa shape index (κ3) is 12.5. The third-order valence-corrected chi connectivity index (χ3v) is 11.5. The van der Waals surface area contributed by atoms with Gasteiger partial charge in [0.25, 0.3) is 0 Å². The zero-order valence-electron chi connectivity index (χ0n) is 35.8. The third-order valence-electron chi connectivity index (χ3n) is 11.5. The number of amides is 1. The molecule has 0 bridgehead atoms. The van der Waals surface area contributed by atoms with E-state index in [9.17, 15) is 39.6 Å². The van der Waals surface area contributed by atoms with Crippen LogP contribution in [0, 0.1) is 35.5 Å². The number of Topliss-reactive ketones (excluding diaryl/α,β-unsaturated/α-hetero) is 1. The molecule has 3 aliphatic rings. The van der Waals surface area contributed by atoms with Gasteiger partial charge in [0.2, 0.25) is 11.7 Å². The van der Waals surface area contributed by atoms with Crippen LogP contribution in [0.25, 0.3) is 0 Å². The van der Waals surface area contributed by atoms with Crippen molar-refractivity contribution in [3.8, 4) is 0 Å². The molecule has 2 aliphatic heterocycles. The van der Waals surface area contributed by atoms with Crippen LogP contribution in [0.15, 0.2) is 70.9 Å². The van der Waals surface area contributed by atoms with Gasteiger partial charge in [0.05, 0.1) is 25.4 Å². The number of rotatable bonds is 11. The zero-order valence-corrected chi connectivity index (χ0v) is 35.8. The number of aliphatic hydroxyl groups is 4. The van der Waals surface area contributed by atoms with Gasteiger partial charge in [-0.1, -0.05) is 83.9 Å². The molecule has 1 saturated heterocycles. The molecule has 0 aromatic carbocycles. The van der Waals surface area contributed by atoms with E-state index in [-0.39, 0.29) is 54.2 Å². The summed E-state index contributed by atoms with van der Waals surface area (Å²) in [5.74, 6) is -8.07. The summed E-state index contributed by atoms with van der Waals surface area (Å²) < 4.78 is 29.5. The number of esters is 2. The lowest BCUT2D eigenvalue weighted by atomic mass is 9.76. The summed E-state index contributed by atoms with van der Waals surface area (Å²) in [5.41, 5.74) is 1.48. The molecule has 12 atom stereocenters. The van der Waals surface area contributed by atoms with Gasteiger partial charge in [-0.25, -0.2) is 9.59 Å². The van der Waals surface area contributed by atoms with Crippen molar-refractivity contribution in [1.29, 1.82) is 0 Å². The van der Waals surface area contributed by atoms with E-state index in [4.69, 9.17) is 23.7 Å². The van der Waals surface area contributed by atoms with Crippen molar-refractivity contribution in [3.63, 3.8) is 0 Å². The summed E-state index contributed by atoms with van der Waals surface area (Å²) in [4.78, 5) is 51.1. The Labute approximate surface area is 342 Å². The number of carbonyl (C=O) groups excluding carboxylic acids is 4. The van der Waals surface area contributed by atoms with E-state index in [2.05, 4.69) is 5.32 Å². The molecule has 3 rings (SSSR count). The van der Waals surface area contributed by atoms with Gasteiger partial charge in [0.1, 0.15) is 29.8 Å². The van der Waals surface area contributed by atoms with Crippen molar-refractivity contribution < 1.29 is 63.3 Å². The molecule has 1 fully saturated rings. The SMILES string of the molecule is CO/C1=C\C(C)=C\C(C)C(O)C(C)C/C(C)=C/C=C\C(OC)C(C(C)C(O)C(C)C2(O)CC(OC(=O)/C=C/C(=O)NC3=C(O)CCC3=O)C(C)C(C(C)C)O2)OC1=O. The highest BCUT2D eigenvalue weighted by molar-refractivity contribution is 6.04. The molecule has 0 radical (unpaired) electrons. The monoisotopic (exact) mass is 815 g/mol. The molecule has 12 unspecified atom stereocenters. The van der Waals surface area contributed by atoms with Gasteiger partial charge >= 0.3 is 11.9 Å². The molecule has 2 heterocycles. The van der Waals surface area contributed by atoms with Crippen LogP contribution in [0.5, 0.6) is 0 Å². The van der Waals surface area contributed by atoms with Crippen LogP contribution >= 0.6 is 0 Å². The van der Waals surface area contributed by atoms with Crippen molar-refractivity contribution >= 4 is 23.6 Å². The Morgan fingerprint density at radius 2 is 1.71 bits per heavy atom. The van der Waals surface area contributed by atoms with Crippen LogP contribution in [0.3, 0.4) is 0 Å². The standard InChI is InChI=1S/C44H65NO13/c1-23(2)41-28(7)35(56-37(49)18-17-36(48)45-38-31(46)15-16-32(38)47)22-44(53,58-41)30(9)40(51)29(8)42-33(54-10)14-12-13-24(3)19-26(5)39(50)27(6)20-25(4)21-34(55-11)43(52)57-42/h12-14,17-18,20-21,23,26-30,33,35,39-42,46,50-51,53H,15-16,19,22H2,1-11H3,(H,45,48)/b14-12-,18-17+,24-13+,25-20+,34-21-. The Morgan fingerprint density at radius 1 is 1.03 bits per heavy atom. The van der Waals surface area contributed by atoms with Crippen molar-refractivity contribution in [2.75, 3.05) is 14.2 Å². The van der Waals surface area contributed by atoms with Crippen LogP contribution in [-0.2, 0) is 42.9 Å². The van der Waals surface area contributed by atoms with Gasteiger partial charge in [0, 0.05) is 62.2 Å². The highest BCUT2D eigenvalue weighted by Gasteiger charge is 2.53. The number of nitrogens with one attached hydrogen (secondary N) is 1. The molecule has 1 aliphatic carbocycles. The molecule has 324 valence electrons. The highest BCUT2D eigenvalue weighted by atomic mass is 16.6. The van der Waals surface area contributed by atoms with Crippen molar-refractivity contribution in [3.05, 3.63) is 70.9 Å². The fourth-order valence-corrected chi connectivity index (χ4v) is 7.95. The second-order valence-corrected chi connectivity index (χ2v) is 16.5. The highest BCUT2D eigenvalue weighted by Crippen LogP contribution is 2.42. The normalized spacial score (nSPS) is 35.5. The molecular formula is C44H65NO13. The molecule has 14 nitrogen and oxygen atoms in total. The quantitative estimate of drug-likeness (QED) is 0.137. The van der Waals surface area contributed by atoms with Crippen LogP contribution < -0.4 is 5.32 Å². The van der Waals surface area contributed by atoms with E-state index in [1.165, 1.54) is 20.3 Å². The zero-order chi connectivity index (χ0) is 43.6. The minimum atomic E-state index is -2.04. The maximum Gasteiger partial charge on any atom is 0.373 e. The summed E-state index contributed by atoms with van der Waals surface area (Å²) in [5, 5.41) is 47.4. The van der Waals surface area contributed by atoms with Crippen LogP contribution in [0.2, 0.25) is 0 Å². The number of hydrogen-bond donors (Lipinski definition) is 5. The molecule has 0 spiro atoms. The van der Waals surface area contributed by atoms with E-state index < -0.39 is 83.8 Å². The van der Waals surface area contributed by atoms with E-state index >= 15 is 0 Å². The molecule has 58 heavy (non-hydrogen) atoms. The largest absolute Gasteiger partial charge is 0.510 e. The molecule has 1 amide bonds. The van der Waals surface area contributed by atoms with Gasteiger partial charge < -0.3 is 49.4 Å². The Balaban J connectivity index is 1.92. The predicted molar refractivity (Wildman–Crippen MR) is 215 cm³/mol. The number of methoxy groups -OCH3 is 2.